The number of ether oxygens (including phenoxy) is 1. The molecule has 0 aliphatic rings. The van der Waals surface area contributed by atoms with Gasteiger partial charge < -0.3 is 9.26 Å². The maximum atomic E-state index is 11.2. The van der Waals surface area contributed by atoms with Crippen molar-refractivity contribution in [2.45, 2.75) is 0 Å². The molecule has 0 spiro atoms. The van der Waals surface area contributed by atoms with Crippen LogP contribution in [0.4, 0.5) is 0 Å². The molecule has 2 rings (SSSR count). The number of rotatable bonds is 2. The Labute approximate surface area is 114 Å². The largest absolute Gasteiger partial charge is 0.464 e. The third-order valence-electron chi connectivity index (χ3n) is 2.05. The van der Waals surface area contributed by atoms with Crippen LogP contribution in [-0.2, 0) is 4.74 Å². The highest BCUT2D eigenvalue weighted by Crippen LogP contribution is 2.28. The van der Waals surface area contributed by atoms with Crippen LogP contribution in [0, 0.1) is 0 Å². The Kier molecular flexibility index (Phi) is 3.63. The predicted octanol–water partition coefficient (Wildman–Crippen LogP) is 3.65. The molecular formula is C11H7Br2NO3. The van der Waals surface area contributed by atoms with Crippen LogP contribution in [0.25, 0.3) is 11.3 Å². The summed E-state index contributed by atoms with van der Waals surface area (Å²) in [5.41, 5.74) is 0.965. The number of methoxy groups -OCH3 is 1. The molecule has 4 nitrogen and oxygen atoms in total. The van der Waals surface area contributed by atoms with E-state index in [9.17, 15) is 4.79 Å². The third-order valence-corrected chi connectivity index (χ3v) is 2.97. The Morgan fingerprint density at radius 3 is 2.47 bits per heavy atom. The SMILES string of the molecule is COC(=O)c1cc(-c2cc(Br)cc(Br)c2)on1. The average molecular weight is 361 g/mol. The van der Waals surface area contributed by atoms with E-state index in [4.69, 9.17) is 4.52 Å². The zero-order chi connectivity index (χ0) is 12.4. The minimum absolute atomic E-state index is 0.151. The number of benzene rings is 1. The summed E-state index contributed by atoms with van der Waals surface area (Å²) in [6, 6.07) is 7.18. The van der Waals surface area contributed by atoms with Gasteiger partial charge in [0.1, 0.15) is 0 Å². The molecule has 0 saturated heterocycles. The van der Waals surface area contributed by atoms with E-state index in [1.54, 1.807) is 6.07 Å². The lowest BCUT2D eigenvalue weighted by Gasteiger charge is -1.98. The highest BCUT2D eigenvalue weighted by molar-refractivity contribution is 9.11. The van der Waals surface area contributed by atoms with E-state index in [2.05, 4.69) is 41.8 Å². The summed E-state index contributed by atoms with van der Waals surface area (Å²) < 4.78 is 11.4. The smallest absolute Gasteiger partial charge is 0.360 e. The zero-order valence-corrected chi connectivity index (χ0v) is 11.9. The van der Waals surface area contributed by atoms with Gasteiger partial charge in [-0.1, -0.05) is 37.0 Å². The van der Waals surface area contributed by atoms with E-state index in [1.165, 1.54) is 7.11 Å². The lowest BCUT2D eigenvalue weighted by atomic mass is 10.2. The van der Waals surface area contributed by atoms with Crippen LogP contribution < -0.4 is 0 Å². The fourth-order valence-electron chi connectivity index (χ4n) is 1.31. The number of hydrogen-bond acceptors (Lipinski definition) is 4. The summed E-state index contributed by atoms with van der Waals surface area (Å²) in [5, 5.41) is 3.64. The second-order valence-electron chi connectivity index (χ2n) is 3.23. The first-order valence-corrected chi connectivity index (χ1v) is 6.20. The summed E-state index contributed by atoms with van der Waals surface area (Å²) in [6.07, 6.45) is 0. The molecule has 6 heteroatoms. The summed E-state index contributed by atoms with van der Waals surface area (Å²) >= 11 is 6.75. The van der Waals surface area contributed by atoms with Crippen LogP contribution in [0.3, 0.4) is 0 Å². The quantitative estimate of drug-likeness (QED) is 0.767. The molecule has 0 saturated carbocycles. The van der Waals surface area contributed by atoms with Gasteiger partial charge in [0.2, 0.25) is 0 Å². The molecular weight excluding hydrogens is 354 g/mol. The van der Waals surface area contributed by atoms with Crippen molar-refractivity contribution in [1.29, 1.82) is 0 Å². The van der Waals surface area contributed by atoms with Crippen molar-refractivity contribution in [3.63, 3.8) is 0 Å². The van der Waals surface area contributed by atoms with Gasteiger partial charge in [0.15, 0.2) is 11.5 Å². The van der Waals surface area contributed by atoms with Crippen LogP contribution in [-0.4, -0.2) is 18.2 Å². The monoisotopic (exact) mass is 359 g/mol. The molecule has 0 N–H and O–H groups in total. The molecule has 0 unspecified atom stereocenters. The first-order valence-electron chi connectivity index (χ1n) is 4.61. The van der Waals surface area contributed by atoms with Crippen molar-refractivity contribution >= 4 is 37.8 Å². The predicted molar refractivity (Wildman–Crippen MR) is 68.7 cm³/mol. The second kappa shape index (κ2) is 5.01. The first-order chi connectivity index (χ1) is 8.10. The lowest BCUT2D eigenvalue weighted by Crippen LogP contribution is -2.00. The maximum Gasteiger partial charge on any atom is 0.360 e. The van der Waals surface area contributed by atoms with Gasteiger partial charge in [-0.2, -0.15) is 0 Å². The summed E-state index contributed by atoms with van der Waals surface area (Å²) in [4.78, 5) is 11.2. The lowest BCUT2D eigenvalue weighted by molar-refractivity contribution is 0.0589. The molecule has 0 aliphatic carbocycles. The standard InChI is InChI=1S/C11H7Br2NO3/c1-16-11(15)9-5-10(17-14-9)6-2-7(12)4-8(13)3-6/h2-5H,1H3. The number of halogens is 2. The molecule has 1 heterocycles. The minimum atomic E-state index is -0.519. The Morgan fingerprint density at radius 2 is 1.88 bits per heavy atom. The van der Waals surface area contributed by atoms with Crippen molar-refractivity contribution in [1.82, 2.24) is 5.16 Å². The van der Waals surface area contributed by atoms with Crippen LogP contribution in [0.2, 0.25) is 0 Å². The molecule has 88 valence electrons. The maximum absolute atomic E-state index is 11.2. The second-order valence-corrected chi connectivity index (χ2v) is 5.06. The number of esters is 1. The van der Waals surface area contributed by atoms with Gasteiger partial charge in [-0.05, 0) is 18.2 Å². The van der Waals surface area contributed by atoms with E-state index in [-0.39, 0.29) is 5.69 Å². The van der Waals surface area contributed by atoms with Crippen LogP contribution in [0.15, 0.2) is 37.7 Å². The fraction of sp³-hybridized carbons (Fsp3) is 0.0909. The van der Waals surface area contributed by atoms with Gasteiger partial charge in [-0.3, -0.25) is 0 Å². The fourth-order valence-corrected chi connectivity index (χ4v) is 2.60. The first kappa shape index (κ1) is 12.3. The number of aromatic nitrogens is 1. The van der Waals surface area contributed by atoms with E-state index in [0.29, 0.717) is 5.76 Å². The van der Waals surface area contributed by atoms with Crippen LogP contribution in [0.1, 0.15) is 10.5 Å². The Morgan fingerprint density at radius 1 is 1.24 bits per heavy atom. The van der Waals surface area contributed by atoms with Gasteiger partial charge in [-0.15, -0.1) is 0 Å². The molecule has 2 aromatic rings. The molecule has 0 atom stereocenters. The van der Waals surface area contributed by atoms with E-state index >= 15 is 0 Å². The third kappa shape index (κ3) is 2.76. The van der Waals surface area contributed by atoms with E-state index in [1.807, 2.05) is 18.2 Å². The van der Waals surface area contributed by atoms with Gasteiger partial charge in [-0.25, -0.2) is 4.79 Å². The summed E-state index contributed by atoms with van der Waals surface area (Å²) in [5.74, 6) is -0.0125. The Balaban J connectivity index is 2.40. The van der Waals surface area contributed by atoms with E-state index in [0.717, 1.165) is 14.5 Å². The molecule has 0 bridgehead atoms. The minimum Gasteiger partial charge on any atom is -0.464 e. The molecule has 17 heavy (non-hydrogen) atoms. The van der Waals surface area contributed by atoms with Gasteiger partial charge in [0, 0.05) is 20.6 Å². The highest BCUT2D eigenvalue weighted by Gasteiger charge is 2.14. The highest BCUT2D eigenvalue weighted by atomic mass is 79.9. The van der Waals surface area contributed by atoms with Gasteiger partial charge in [0.25, 0.3) is 0 Å². The van der Waals surface area contributed by atoms with Gasteiger partial charge >= 0.3 is 5.97 Å². The topological polar surface area (TPSA) is 52.3 Å². The normalized spacial score (nSPS) is 10.3. The molecule has 0 fully saturated rings. The Bertz CT molecular complexity index is 545. The molecule has 1 aromatic heterocycles. The van der Waals surface area contributed by atoms with Crippen molar-refractivity contribution in [3.8, 4) is 11.3 Å². The van der Waals surface area contributed by atoms with Crippen molar-refractivity contribution < 1.29 is 14.1 Å². The number of hydrogen-bond donors (Lipinski definition) is 0. The van der Waals surface area contributed by atoms with Crippen LogP contribution in [0.5, 0.6) is 0 Å². The zero-order valence-electron chi connectivity index (χ0n) is 8.74. The average Bonchev–Trinajstić information content (AvgIpc) is 2.76. The molecule has 1 aromatic carbocycles. The van der Waals surface area contributed by atoms with Gasteiger partial charge in [0.05, 0.1) is 7.11 Å². The van der Waals surface area contributed by atoms with Crippen molar-refractivity contribution in [2.75, 3.05) is 7.11 Å². The van der Waals surface area contributed by atoms with E-state index < -0.39 is 5.97 Å². The summed E-state index contributed by atoms with van der Waals surface area (Å²) in [6.45, 7) is 0. The molecule has 0 amide bonds. The number of carbonyl (C=O) groups is 1. The Hall–Kier alpha value is -1.14. The van der Waals surface area contributed by atoms with Crippen molar-refractivity contribution in [3.05, 3.63) is 38.9 Å². The number of carbonyl (C=O) groups excluding carboxylic acids is 1. The van der Waals surface area contributed by atoms with Crippen LogP contribution >= 0.6 is 31.9 Å². The molecule has 0 aliphatic heterocycles. The number of nitrogens with zero attached hydrogens (tertiary/aromatic N) is 1. The molecule has 0 radical (unpaired) electrons. The van der Waals surface area contributed by atoms with Crippen molar-refractivity contribution in [2.24, 2.45) is 0 Å². The summed E-state index contributed by atoms with van der Waals surface area (Å²) in [7, 11) is 1.30.